The second kappa shape index (κ2) is 9.47. The molecule has 9 heteroatoms. The van der Waals surface area contributed by atoms with Gasteiger partial charge in [0, 0.05) is 35.1 Å². The van der Waals surface area contributed by atoms with Crippen molar-refractivity contribution in [2.24, 2.45) is 5.92 Å². The van der Waals surface area contributed by atoms with E-state index in [0.29, 0.717) is 35.0 Å². The van der Waals surface area contributed by atoms with Gasteiger partial charge in [-0.1, -0.05) is 11.6 Å². The van der Waals surface area contributed by atoms with E-state index >= 15 is 0 Å². The minimum Gasteiger partial charge on any atom is -0.449 e. The van der Waals surface area contributed by atoms with Crippen molar-refractivity contribution in [1.29, 1.82) is 0 Å². The van der Waals surface area contributed by atoms with Gasteiger partial charge >= 0.3 is 6.09 Å². The maximum atomic E-state index is 12.2. The van der Waals surface area contributed by atoms with Crippen LogP contribution in [0.3, 0.4) is 0 Å². The van der Waals surface area contributed by atoms with Crippen LogP contribution in [0.1, 0.15) is 57.3 Å². The molecule has 0 unspecified atom stereocenters. The molecule has 2 heterocycles. The van der Waals surface area contributed by atoms with Crippen molar-refractivity contribution in [1.82, 2.24) is 20.5 Å². The van der Waals surface area contributed by atoms with Crippen LogP contribution >= 0.6 is 11.6 Å². The van der Waals surface area contributed by atoms with Gasteiger partial charge in [-0.2, -0.15) is 5.10 Å². The molecule has 3 rings (SSSR count). The fourth-order valence-corrected chi connectivity index (χ4v) is 3.63. The summed E-state index contributed by atoms with van der Waals surface area (Å²) in [6, 6.07) is 5.30. The highest BCUT2D eigenvalue weighted by atomic mass is 35.5. The number of halogens is 1. The largest absolute Gasteiger partial charge is 0.449 e. The molecule has 2 aromatic rings. The van der Waals surface area contributed by atoms with Crippen LogP contribution in [-0.4, -0.2) is 39.3 Å². The second-order valence-corrected chi connectivity index (χ2v) is 9.19. The highest BCUT2D eigenvalue weighted by Crippen LogP contribution is 2.38. The smallest absolute Gasteiger partial charge is 0.407 e. The van der Waals surface area contributed by atoms with Crippen molar-refractivity contribution in [2.45, 2.75) is 57.9 Å². The van der Waals surface area contributed by atoms with Gasteiger partial charge in [0.1, 0.15) is 0 Å². The minimum absolute atomic E-state index is 0.152. The predicted octanol–water partition coefficient (Wildman–Crippen LogP) is 4.05. The molecular weight excluding hydrogens is 406 g/mol. The Hall–Kier alpha value is -2.61. The maximum Gasteiger partial charge on any atom is 0.407 e. The first kappa shape index (κ1) is 22.1. The summed E-state index contributed by atoms with van der Waals surface area (Å²) < 4.78 is 5.36. The Kier molecular flexibility index (Phi) is 6.97. The van der Waals surface area contributed by atoms with Crippen LogP contribution in [0.15, 0.2) is 24.4 Å². The quantitative estimate of drug-likeness (QED) is 0.636. The van der Waals surface area contributed by atoms with Gasteiger partial charge in [0.05, 0.1) is 18.1 Å². The van der Waals surface area contributed by atoms with Crippen LogP contribution in [0, 0.1) is 5.92 Å². The topological polar surface area (TPSA) is 109 Å². The number of amides is 2. The number of aromatic nitrogens is 3. The van der Waals surface area contributed by atoms with Crippen LogP contribution in [0.4, 0.5) is 10.6 Å². The minimum atomic E-state index is -0.382. The lowest BCUT2D eigenvalue weighted by Gasteiger charge is -2.20. The number of H-pyrrole nitrogens is 1. The molecule has 0 radical (unpaired) electrons. The van der Waals surface area contributed by atoms with E-state index in [1.807, 2.05) is 26.8 Å². The third-order valence-electron chi connectivity index (χ3n) is 4.90. The van der Waals surface area contributed by atoms with Crippen LogP contribution < -0.4 is 10.6 Å². The molecule has 0 aromatic carbocycles. The molecule has 0 aliphatic heterocycles. The summed E-state index contributed by atoms with van der Waals surface area (Å²) in [5.41, 5.74) is 1.31. The average molecular weight is 434 g/mol. The van der Waals surface area contributed by atoms with E-state index in [-0.39, 0.29) is 24.0 Å². The van der Waals surface area contributed by atoms with Crippen molar-refractivity contribution in [3.8, 4) is 0 Å². The summed E-state index contributed by atoms with van der Waals surface area (Å²) in [6.07, 6.45) is 4.17. The van der Waals surface area contributed by atoms with E-state index in [2.05, 4.69) is 25.8 Å². The highest BCUT2D eigenvalue weighted by molar-refractivity contribution is 6.30. The van der Waals surface area contributed by atoms with Crippen molar-refractivity contribution in [2.75, 3.05) is 11.9 Å². The molecule has 2 atom stereocenters. The summed E-state index contributed by atoms with van der Waals surface area (Å²) in [4.78, 5) is 28.1. The number of pyridine rings is 1. The predicted molar refractivity (Wildman–Crippen MR) is 114 cm³/mol. The van der Waals surface area contributed by atoms with Gasteiger partial charge in [-0.3, -0.25) is 14.9 Å². The molecule has 30 heavy (non-hydrogen) atoms. The standard InChI is InChI=1S/C21H28ClN5O3/c1-21(2,3)25-20(29)30-12-13-4-5-14(8-13)17-10-18(27-26-17)24-19(28)9-16-7-6-15(22)11-23-16/h6-7,10-11,13-14H,4-5,8-9,12H2,1-3H3,(H,25,29)(H2,24,26,27,28)/t13-,14+/m1/s1. The molecular formula is C21H28ClN5O3. The molecule has 1 saturated carbocycles. The summed E-state index contributed by atoms with van der Waals surface area (Å²) in [5, 5.41) is 13.3. The number of anilines is 1. The zero-order valence-corrected chi connectivity index (χ0v) is 18.3. The zero-order chi connectivity index (χ0) is 21.7. The second-order valence-electron chi connectivity index (χ2n) is 8.75. The Morgan fingerprint density at radius 3 is 2.80 bits per heavy atom. The highest BCUT2D eigenvalue weighted by Gasteiger charge is 2.28. The number of alkyl carbamates (subject to hydrolysis) is 1. The summed E-state index contributed by atoms with van der Waals surface area (Å²) >= 11 is 5.81. The van der Waals surface area contributed by atoms with Crippen molar-refractivity contribution in [3.05, 3.63) is 40.8 Å². The molecule has 0 spiro atoms. The molecule has 8 nitrogen and oxygen atoms in total. The lowest BCUT2D eigenvalue weighted by molar-refractivity contribution is -0.115. The van der Waals surface area contributed by atoms with Gasteiger partial charge < -0.3 is 15.4 Å². The maximum absolute atomic E-state index is 12.2. The number of aromatic amines is 1. The first-order chi connectivity index (χ1) is 14.2. The van der Waals surface area contributed by atoms with Crippen molar-refractivity contribution < 1.29 is 14.3 Å². The van der Waals surface area contributed by atoms with Crippen molar-refractivity contribution in [3.63, 3.8) is 0 Å². The molecule has 0 bridgehead atoms. The number of nitrogens with one attached hydrogen (secondary N) is 3. The molecule has 0 saturated heterocycles. The van der Waals surface area contributed by atoms with E-state index in [1.165, 1.54) is 6.20 Å². The first-order valence-electron chi connectivity index (χ1n) is 10.1. The van der Waals surface area contributed by atoms with Gasteiger partial charge in [0.25, 0.3) is 0 Å². The van der Waals surface area contributed by atoms with Crippen LogP contribution in [0.5, 0.6) is 0 Å². The van der Waals surface area contributed by atoms with Gasteiger partial charge in [0.15, 0.2) is 5.82 Å². The normalized spacial score (nSPS) is 18.8. The Bertz CT molecular complexity index is 876. The summed E-state index contributed by atoms with van der Waals surface area (Å²) in [7, 11) is 0. The van der Waals surface area contributed by atoms with E-state index in [9.17, 15) is 9.59 Å². The SMILES string of the molecule is CC(C)(C)NC(=O)OC[C@@H]1CC[C@H](c2cc(NC(=O)Cc3ccc(Cl)cn3)n[nH]2)C1. The Morgan fingerprint density at radius 1 is 1.30 bits per heavy atom. The third-order valence-corrected chi connectivity index (χ3v) is 5.13. The van der Waals surface area contributed by atoms with Crippen LogP contribution in [-0.2, 0) is 16.0 Å². The van der Waals surface area contributed by atoms with Gasteiger partial charge in [-0.25, -0.2) is 4.79 Å². The van der Waals surface area contributed by atoms with Crippen LogP contribution in [0.2, 0.25) is 5.02 Å². The van der Waals surface area contributed by atoms with Gasteiger partial charge in [0.2, 0.25) is 5.91 Å². The molecule has 1 aliphatic rings. The number of carbonyl (C=O) groups excluding carboxylic acids is 2. The number of carbonyl (C=O) groups is 2. The monoisotopic (exact) mass is 433 g/mol. The Labute approximate surface area is 181 Å². The number of nitrogens with zero attached hydrogens (tertiary/aromatic N) is 2. The number of hydrogen-bond acceptors (Lipinski definition) is 5. The van der Waals surface area contributed by atoms with E-state index in [1.54, 1.807) is 12.1 Å². The molecule has 1 fully saturated rings. The van der Waals surface area contributed by atoms with Crippen molar-refractivity contribution >= 4 is 29.4 Å². The molecule has 3 N–H and O–H groups in total. The fraction of sp³-hybridized carbons (Fsp3) is 0.524. The fourth-order valence-electron chi connectivity index (χ4n) is 3.52. The van der Waals surface area contributed by atoms with E-state index < -0.39 is 0 Å². The van der Waals surface area contributed by atoms with Gasteiger partial charge in [-0.15, -0.1) is 0 Å². The lowest BCUT2D eigenvalue weighted by Crippen LogP contribution is -2.41. The number of ether oxygens (including phenoxy) is 1. The average Bonchev–Trinajstić information content (AvgIpc) is 3.30. The van der Waals surface area contributed by atoms with Crippen LogP contribution in [0.25, 0.3) is 0 Å². The molecule has 162 valence electrons. The Balaban J connectivity index is 1.45. The molecule has 2 aromatic heterocycles. The van der Waals surface area contributed by atoms with E-state index in [4.69, 9.17) is 16.3 Å². The zero-order valence-electron chi connectivity index (χ0n) is 17.5. The summed E-state index contributed by atoms with van der Waals surface area (Å²) in [6.45, 7) is 6.16. The number of rotatable bonds is 6. The van der Waals surface area contributed by atoms with E-state index in [0.717, 1.165) is 25.0 Å². The summed E-state index contributed by atoms with van der Waals surface area (Å²) in [5.74, 6) is 0.928. The third kappa shape index (κ3) is 6.73. The number of hydrogen-bond donors (Lipinski definition) is 3. The molecule has 2 amide bonds. The lowest BCUT2D eigenvalue weighted by atomic mass is 10.0. The Morgan fingerprint density at radius 2 is 2.10 bits per heavy atom. The molecule has 1 aliphatic carbocycles. The first-order valence-corrected chi connectivity index (χ1v) is 10.5. The van der Waals surface area contributed by atoms with Gasteiger partial charge in [-0.05, 0) is 58.1 Å².